The molecule has 0 amide bonds. The SMILES string of the molecule is C[C@H](N[S+]([O-])C(C)(C)C)c1cccc(C(F)(F)CO)c1. The van der Waals surface area contributed by atoms with Crippen LogP contribution in [0.1, 0.15) is 44.9 Å². The minimum atomic E-state index is -3.26. The first kappa shape index (κ1) is 17.4. The Bertz CT molecular complexity index is 449. The molecular weight excluding hydrogens is 284 g/mol. The maximum Gasteiger partial charge on any atom is 0.295 e. The van der Waals surface area contributed by atoms with E-state index in [0.717, 1.165) is 0 Å². The molecule has 0 radical (unpaired) electrons. The molecule has 1 rings (SSSR count). The van der Waals surface area contributed by atoms with Crippen LogP contribution in [0.25, 0.3) is 0 Å². The highest BCUT2D eigenvalue weighted by atomic mass is 32.2. The third-order valence-corrected chi connectivity index (χ3v) is 4.53. The van der Waals surface area contributed by atoms with E-state index in [1.54, 1.807) is 13.0 Å². The number of hydrogen-bond acceptors (Lipinski definition) is 3. The third kappa shape index (κ3) is 4.41. The molecule has 1 unspecified atom stereocenters. The van der Waals surface area contributed by atoms with Crippen molar-refractivity contribution < 1.29 is 18.4 Å². The highest BCUT2D eigenvalue weighted by Crippen LogP contribution is 2.29. The molecule has 0 aromatic heterocycles. The van der Waals surface area contributed by atoms with Crippen LogP contribution in [0.15, 0.2) is 24.3 Å². The van der Waals surface area contributed by atoms with Crippen LogP contribution in [0.2, 0.25) is 0 Å². The molecule has 1 aromatic carbocycles. The number of nitrogens with one attached hydrogen (secondary N) is 1. The van der Waals surface area contributed by atoms with E-state index < -0.39 is 28.6 Å². The van der Waals surface area contributed by atoms with Crippen molar-refractivity contribution in [3.8, 4) is 0 Å². The second-order valence-corrected chi connectivity index (χ2v) is 7.71. The smallest absolute Gasteiger partial charge is 0.295 e. The molecule has 0 saturated heterocycles. The molecule has 0 fully saturated rings. The molecule has 0 heterocycles. The number of aliphatic hydroxyl groups is 1. The van der Waals surface area contributed by atoms with E-state index in [0.29, 0.717) is 5.56 Å². The molecule has 2 N–H and O–H groups in total. The summed E-state index contributed by atoms with van der Waals surface area (Å²) in [6, 6.07) is 5.46. The van der Waals surface area contributed by atoms with Gasteiger partial charge in [0, 0.05) is 16.9 Å². The Kier molecular flexibility index (Phi) is 5.54. The molecule has 0 aliphatic rings. The van der Waals surface area contributed by atoms with Crippen LogP contribution in [0.3, 0.4) is 0 Å². The fraction of sp³-hybridized carbons (Fsp3) is 0.571. The zero-order valence-electron chi connectivity index (χ0n) is 12.1. The van der Waals surface area contributed by atoms with Crippen LogP contribution in [0, 0.1) is 0 Å². The molecule has 3 nitrogen and oxygen atoms in total. The van der Waals surface area contributed by atoms with Crippen molar-refractivity contribution in [3.63, 3.8) is 0 Å². The van der Waals surface area contributed by atoms with Crippen LogP contribution in [-0.4, -0.2) is 21.0 Å². The summed E-state index contributed by atoms with van der Waals surface area (Å²) >= 11 is -1.28. The van der Waals surface area contributed by atoms with E-state index in [9.17, 15) is 13.3 Å². The average Bonchev–Trinajstić information content (AvgIpc) is 2.37. The van der Waals surface area contributed by atoms with Gasteiger partial charge in [0.2, 0.25) is 0 Å². The molecule has 0 aliphatic heterocycles. The van der Waals surface area contributed by atoms with Crippen molar-refractivity contribution in [1.82, 2.24) is 4.72 Å². The van der Waals surface area contributed by atoms with Gasteiger partial charge in [0.25, 0.3) is 5.92 Å². The summed E-state index contributed by atoms with van der Waals surface area (Å²) in [5.41, 5.74) is 0.362. The number of aliphatic hydroxyl groups excluding tert-OH is 1. The van der Waals surface area contributed by atoms with E-state index in [1.165, 1.54) is 18.2 Å². The second kappa shape index (κ2) is 6.39. The summed E-state index contributed by atoms with van der Waals surface area (Å²) in [6.45, 7) is 6.03. The monoisotopic (exact) mass is 305 g/mol. The molecule has 0 bridgehead atoms. The normalized spacial score (nSPS) is 16.0. The van der Waals surface area contributed by atoms with Crippen molar-refractivity contribution in [2.45, 2.75) is 44.4 Å². The average molecular weight is 305 g/mol. The number of halogens is 2. The van der Waals surface area contributed by atoms with Gasteiger partial charge in [0.15, 0.2) is 0 Å². The van der Waals surface area contributed by atoms with Crippen LogP contribution >= 0.6 is 0 Å². The van der Waals surface area contributed by atoms with E-state index in [4.69, 9.17) is 5.11 Å². The number of rotatable bonds is 5. The first-order valence-corrected chi connectivity index (χ1v) is 7.50. The maximum atomic E-state index is 13.4. The second-order valence-electron chi connectivity index (χ2n) is 5.71. The largest absolute Gasteiger partial charge is 0.598 e. The Morgan fingerprint density at radius 3 is 2.45 bits per heavy atom. The number of hydrogen-bond donors (Lipinski definition) is 2. The first-order chi connectivity index (χ1) is 9.08. The van der Waals surface area contributed by atoms with Gasteiger partial charge in [0.1, 0.15) is 11.4 Å². The molecule has 0 spiro atoms. The standard InChI is InChI=1S/C14H21F2NO2S/c1-10(17-20(19)13(2,3)4)11-6-5-7-12(8-11)14(15,16)9-18/h5-8,10,17-18H,9H2,1-4H3/t10-,20?/m0/s1. The molecule has 1 aromatic rings. The van der Waals surface area contributed by atoms with Gasteiger partial charge in [-0.15, -0.1) is 4.72 Å². The minimum Gasteiger partial charge on any atom is -0.598 e. The maximum absolute atomic E-state index is 13.4. The van der Waals surface area contributed by atoms with Crippen LogP contribution in [-0.2, 0) is 17.3 Å². The lowest BCUT2D eigenvalue weighted by atomic mass is 10.0. The quantitative estimate of drug-likeness (QED) is 0.823. The van der Waals surface area contributed by atoms with Gasteiger partial charge >= 0.3 is 0 Å². The fourth-order valence-corrected chi connectivity index (χ4v) is 2.34. The molecule has 2 atom stereocenters. The molecular formula is C14H21F2NO2S. The summed E-state index contributed by atoms with van der Waals surface area (Å²) in [4.78, 5) is 0. The van der Waals surface area contributed by atoms with E-state index in [2.05, 4.69) is 4.72 Å². The van der Waals surface area contributed by atoms with Crippen LogP contribution in [0.5, 0.6) is 0 Å². The summed E-state index contributed by atoms with van der Waals surface area (Å²) < 4.78 is 41.4. The summed E-state index contributed by atoms with van der Waals surface area (Å²) in [5, 5.41) is 8.71. The van der Waals surface area contributed by atoms with Crippen molar-refractivity contribution in [2.75, 3.05) is 6.61 Å². The zero-order chi connectivity index (χ0) is 15.6. The molecule has 114 valence electrons. The minimum absolute atomic E-state index is 0.243. The van der Waals surface area contributed by atoms with Gasteiger partial charge in [-0.05, 0) is 39.3 Å². The Morgan fingerprint density at radius 2 is 1.95 bits per heavy atom. The summed E-state index contributed by atoms with van der Waals surface area (Å²) in [5.74, 6) is -3.26. The van der Waals surface area contributed by atoms with E-state index >= 15 is 0 Å². The topological polar surface area (TPSA) is 55.3 Å². The van der Waals surface area contributed by atoms with Crippen molar-refractivity contribution in [2.24, 2.45) is 0 Å². The number of alkyl halides is 2. The number of benzene rings is 1. The molecule has 20 heavy (non-hydrogen) atoms. The predicted octanol–water partition coefficient (Wildman–Crippen LogP) is 2.88. The predicted molar refractivity (Wildman–Crippen MR) is 76.9 cm³/mol. The first-order valence-electron chi connectivity index (χ1n) is 6.35. The summed E-state index contributed by atoms with van der Waals surface area (Å²) in [6.07, 6.45) is 0. The highest BCUT2D eigenvalue weighted by molar-refractivity contribution is 7.90. The summed E-state index contributed by atoms with van der Waals surface area (Å²) in [7, 11) is 0. The fourth-order valence-electron chi connectivity index (χ4n) is 1.53. The highest BCUT2D eigenvalue weighted by Gasteiger charge is 2.32. The third-order valence-electron chi connectivity index (χ3n) is 2.85. The molecule has 6 heteroatoms. The lowest BCUT2D eigenvalue weighted by molar-refractivity contribution is -0.0556. The van der Waals surface area contributed by atoms with Crippen LogP contribution < -0.4 is 4.72 Å². The van der Waals surface area contributed by atoms with E-state index in [1.807, 2.05) is 20.8 Å². The van der Waals surface area contributed by atoms with Gasteiger partial charge in [-0.2, -0.15) is 8.78 Å². The van der Waals surface area contributed by atoms with Crippen LogP contribution in [0.4, 0.5) is 8.78 Å². The zero-order valence-corrected chi connectivity index (χ0v) is 12.9. The molecule has 0 saturated carbocycles. The lowest BCUT2D eigenvalue weighted by Crippen LogP contribution is -2.40. The van der Waals surface area contributed by atoms with Crippen molar-refractivity contribution in [3.05, 3.63) is 35.4 Å². The lowest BCUT2D eigenvalue weighted by Gasteiger charge is -2.27. The van der Waals surface area contributed by atoms with Gasteiger partial charge in [-0.1, -0.05) is 18.2 Å². The van der Waals surface area contributed by atoms with Gasteiger partial charge in [-0.25, -0.2) is 0 Å². The Morgan fingerprint density at radius 1 is 1.35 bits per heavy atom. The van der Waals surface area contributed by atoms with Crippen molar-refractivity contribution >= 4 is 11.4 Å². The van der Waals surface area contributed by atoms with Gasteiger partial charge in [-0.3, -0.25) is 0 Å². The van der Waals surface area contributed by atoms with E-state index in [-0.39, 0.29) is 11.6 Å². The Labute approximate surface area is 121 Å². The Hall–Kier alpha value is -0.690. The van der Waals surface area contributed by atoms with Crippen molar-refractivity contribution in [1.29, 1.82) is 0 Å². The Balaban J connectivity index is 2.90. The van der Waals surface area contributed by atoms with Gasteiger partial charge in [0.05, 0.1) is 6.04 Å². The molecule has 0 aliphatic carbocycles. The van der Waals surface area contributed by atoms with Gasteiger partial charge < -0.3 is 9.66 Å².